The van der Waals surface area contributed by atoms with Gasteiger partial charge in [0.2, 0.25) is 11.7 Å². The van der Waals surface area contributed by atoms with Crippen LogP contribution >= 0.6 is 15.9 Å². The van der Waals surface area contributed by atoms with Crippen molar-refractivity contribution in [3.63, 3.8) is 0 Å². The Kier molecular flexibility index (Phi) is 7.03. The molecule has 0 atom stereocenters. The number of ether oxygens (including phenoxy) is 3. The molecule has 1 saturated carbocycles. The van der Waals surface area contributed by atoms with E-state index in [4.69, 9.17) is 14.2 Å². The maximum absolute atomic E-state index is 12.5. The molecule has 3 rings (SSSR count). The first-order valence-electron chi connectivity index (χ1n) is 9.58. The lowest BCUT2D eigenvalue weighted by molar-refractivity contribution is -0.121. The Balaban J connectivity index is 1.59. The quantitative estimate of drug-likeness (QED) is 0.593. The highest BCUT2D eigenvalue weighted by Gasteiger charge is 2.38. The summed E-state index contributed by atoms with van der Waals surface area (Å²) in [6.07, 6.45) is 3.24. The van der Waals surface area contributed by atoms with Gasteiger partial charge in [0.15, 0.2) is 11.5 Å². The average Bonchev–Trinajstić information content (AvgIpc) is 2.71. The number of benzene rings is 2. The number of rotatable bonds is 9. The van der Waals surface area contributed by atoms with Gasteiger partial charge in [-0.3, -0.25) is 10.1 Å². The molecule has 0 aliphatic heterocycles. The molecule has 1 aliphatic carbocycles. The first kappa shape index (κ1) is 21.5. The largest absolute Gasteiger partial charge is 0.493 e. The van der Waals surface area contributed by atoms with Crippen LogP contribution in [0.2, 0.25) is 0 Å². The minimum Gasteiger partial charge on any atom is -0.493 e. The molecule has 29 heavy (non-hydrogen) atoms. The fourth-order valence-corrected chi connectivity index (χ4v) is 3.88. The van der Waals surface area contributed by atoms with Crippen LogP contribution in [0.25, 0.3) is 0 Å². The number of nitrogens with one attached hydrogen (secondary N) is 2. The minimum atomic E-state index is -0.107. The SMILES string of the molecule is COc1cc(CNC(=O)CNC2(c3ccc(Br)cc3)CCC2)cc(OC)c1OC. The van der Waals surface area contributed by atoms with E-state index >= 15 is 0 Å². The lowest BCUT2D eigenvalue weighted by Crippen LogP contribution is -2.51. The highest BCUT2D eigenvalue weighted by atomic mass is 79.9. The highest BCUT2D eigenvalue weighted by Crippen LogP contribution is 2.41. The number of hydrogen-bond acceptors (Lipinski definition) is 5. The average molecular weight is 463 g/mol. The van der Waals surface area contributed by atoms with Crippen LogP contribution in [0.4, 0.5) is 0 Å². The molecule has 0 aromatic heterocycles. The van der Waals surface area contributed by atoms with Crippen LogP contribution in [0, 0.1) is 0 Å². The second-order valence-corrected chi connectivity index (χ2v) is 8.02. The molecular weight excluding hydrogens is 436 g/mol. The normalized spacial score (nSPS) is 14.6. The Hall–Kier alpha value is -2.25. The zero-order valence-corrected chi connectivity index (χ0v) is 18.6. The van der Waals surface area contributed by atoms with Crippen molar-refractivity contribution in [1.82, 2.24) is 10.6 Å². The van der Waals surface area contributed by atoms with Gasteiger partial charge in [0.05, 0.1) is 27.9 Å². The van der Waals surface area contributed by atoms with E-state index < -0.39 is 0 Å². The molecule has 6 nitrogen and oxygen atoms in total. The summed E-state index contributed by atoms with van der Waals surface area (Å²) in [4.78, 5) is 12.5. The Morgan fingerprint density at radius 1 is 1.03 bits per heavy atom. The lowest BCUT2D eigenvalue weighted by atomic mass is 9.72. The number of hydrogen-bond donors (Lipinski definition) is 2. The van der Waals surface area contributed by atoms with Crippen molar-refractivity contribution in [1.29, 1.82) is 0 Å². The summed E-state index contributed by atoms with van der Waals surface area (Å²) in [5, 5.41) is 6.43. The maximum atomic E-state index is 12.5. The molecule has 2 aromatic carbocycles. The first-order valence-corrected chi connectivity index (χ1v) is 10.4. The van der Waals surface area contributed by atoms with E-state index in [2.05, 4.69) is 38.7 Å². The van der Waals surface area contributed by atoms with Gasteiger partial charge in [-0.15, -0.1) is 0 Å². The highest BCUT2D eigenvalue weighted by molar-refractivity contribution is 9.10. The summed E-state index contributed by atoms with van der Waals surface area (Å²) in [7, 11) is 4.71. The van der Waals surface area contributed by atoms with Gasteiger partial charge in [0.25, 0.3) is 0 Å². The predicted molar refractivity (Wildman–Crippen MR) is 116 cm³/mol. The van der Waals surface area contributed by atoms with Crippen LogP contribution in [0.15, 0.2) is 40.9 Å². The third-order valence-electron chi connectivity index (χ3n) is 5.41. The first-order chi connectivity index (χ1) is 14.0. The third kappa shape index (κ3) is 4.85. The van der Waals surface area contributed by atoms with Gasteiger partial charge in [-0.05, 0) is 54.7 Å². The molecule has 1 fully saturated rings. The van der Waals surface area contributed by atoms with Crippen molar-refractivity contribution in [3.8, 4) is 17.2 Å². The fraction of sp³-hybridized carbons (Fsp3) is 0.409. The molecule has 1 amide bonds. The van der Waals surface area contributed by atoms with Crippen molar-refractivity contribution >= 4 is 21.8 Å². The summed E-state index contributed by atoms with van der Waals surface area (Å²) in [5.41, 5.74) is 1.99. The summed E-state index contributed by atoms with van der Waals surface area (Å²) < 4.78 is 17.1. The molecule has 0 saturated heterocycles. The lowest BCUT2D eigenvalue weighted by Gasteiger charge is -2.43. The number of carbonyl (C=O) groups is 1. The molecular formula is C22H27BrN2O4. The molecule has 1 aliphatic rings. The maximum Gasteiger partial charge on any atom is 0.234 e. The van der Waals surface area contributed by atoms with E-state index in [9.17, 15) is 4.79 Å². The molecule has 0 unspecified atom stereocenters. The van der Waals surface area contributed by atoms with Crippen LogP contribution < -0.4 is 24.8 Å². The molecule has 0 bridgehead atoms. The standard InChI is InChI=1S/C22H27BrN2O4/c1-27-18-11-15(12-19(28-2)21(18)29-3)13-24-20(26)14-25-22(9-4-10-22)16-5-7-17(23)8-6-16/h5-8,11-12,25H,4,9-10,13-14H2,1-3H3,(H,24,26). The zero-order valence-electron chi connectivity index (χ0n) is 17.0. The zero-order chi connectivity index (χ0) is 20.9. The number of methoxy groups -OCH3 is 3. The number of carbonyl (C=O) groups excluding carboxylic acids is 1. The van der Waals surface area contributed by atoms with Gasteiger partial charge in [-0.2, -0.15) is 0 Å². The van der Waals surface area contributed by atoms with E-state index in [1.807, 2.05) is 24.3 Å². The second-order valence-electron chi connectivity index (χ2n) is 7.11. The molecule has 156 valence electrons. The Labute approximate surface area is 180 Å². The molecule has 2 N–H and O–H groups in total. The van der Waals surface area contributed by atoms with E-state index in [-0.39, 0.29) is 18.0 Å². The topological polar surface area (TPSA) is 68.8 Å². The molecule has 2 aromatic rings. The molecule has 0 heterocycles. The van der Waals surface area contributed by atoms with Gasteiger partial charge < -0.3 is 19.5 Å². The Morgan fingerprint density at radius 2 is 1.66 bits per heavy atom. The van der Waals surface area contributed by atoms with Crippen LogP contribution in [-0.4, -0.2) is 33.8 Å². The molecule has 0 radical (unpaired) electrons. The van der Waals surface area contributed by atoms with Crippen molar-refractivity contribution < 1.29 is 19.0 Å². The van der Waals surface area contributed by atoms with Crippen LogP contribution in [0.5, 0.6) is 17.2 Å². The van der Waals surface area contributed by atoms with Crippen molar-refractivity contribution in [2.24, 2.45) is 0 Å². The van der Waals surface area contributed by atoms with E-state index in [0.717, 1.165) is 29.3 Å². The smallest absolute Gasteiger partial charge is 0.234 e. The van der Waals surface area contributed by atoms with Crippen LogP contribution in [0.3, 0.4) is 0 Å². The van der Waals surface area contributed by atoms with E-state index in [0.29, 0.717) is 23.8 Å². The van der Waals surface area contributed by atoms with Gasteiger partial charge in [-0.1, -0.05) is 28.1 Å². The van der Waals surface area contributed by atoms with Gasteiger partial charge in [0.1, 0.15) is 0 Å². The summed E-state index contributed by atoms with van der Waals surface area (Å²) in [5.74, 6) is 1.62. The van der Waals surface area contributed by atoms with Crippen LogP contribution in [0.1, 0.15) is 30.4 Å². The van der Waals surface area contributed by atoms with Crippen LogP contribution in [-0.2, 0) is 16.9 Å². The van der Waals surface area contributed by atoms with E-state index in [1.165, 1.54) is 5.56 Å². The summed E-state index contributed by atoms with van der Waals surface area (Å²) >= 11 is 3.48. The molecule has 0 spiro atoms. The predicted octanol–water partition coefficient (Wildman–Crippen LogP) is 3.76. The van der Waals surface area contributed by atoms with Crippen molar-refractivity contribution in [2.75, 3.05) is 27.9 Å². The summed E-state index contributed by atoms with van der Waals surface area (Å²) in [6.45, 7) is 0.642. The number of amides is 1. The summed E-state index contributed by atoms with van der Waals surface area (Å²) in [6, 6.07) is 12.0. The van der Waals surface area contributed by atoms with E-state index in [1.54, 1.807) is 21.3 Å². The number of halogens is 1. The van der Waals surface area contributed by atoms with Gasteiger partial charge in [-0.25, -0.2) is 0 Å². The van der Waals surface area contributed by atoms with Gasteiger partial charge >= 0.3 is 0 Å². The van der Waals surface area contributed by atoms with Crippen molar-refractivity contribution in [3.05, 3.63) is 52.0 Å². The Morgan fingerprint density at radius 3 is 2.14 bits per heavy atom. The fourth-order valence-electron chi connectivity index (χ4n) is 3.62. The second kappa shape index (κ2) is 9.50. The van der Waals surface area contributed by atoms with Crippen molar-refractivity contribution in [2.45, 2.75) is 31.3 Å². The third-order valence-corrected chi connectivity index (χ3v) is 5.93. The Bertz CT molecular complexity index is 825. The molecule has 7 heteroatoms. The van der Waals surface area contributed by atoms with Gasteiger partial charge in [0, 0.05) is 16.6 Å². The monoisotopic (exact) mass is 462 g/mol. The minimum absolute atomic E-state index is 0.0536.